The molecule has 0 aromatic heterocycles. The Labute approximate surface area is 146 Å². The summed E-state index contributed by atoms with van der Waals surface area (Å²) < 4.78 is 52.6. The number of hydrogen-bond donors (Lipinski definition) is 2. The monoisotopic (exact) mass is 365 g/mol. The molecule has 0 spiro atoms. The first-order valence-electron chi connectivity index (χ1n) is 8.01. The number of allylic oxidation sites excluding steroid dienone is 1. The number of rotatable bonds is 1. The van der Waals surface area contributed by atoms with Crippen LogP contribution in [-0.4, -0.2) is 5.11 Å². The molecule has 4 rings (SSSR count). The summed E-state index contributed by atoms with van der Waals surface area (Å²) >= 11 is 0. The number of alkyl halides is 3. The number of benzene rings is 2. The molecule has 0 saturated heterocycles. The van der Waals surface area contributed by atoms with Gasteiger partial charge in [0.1, 0.15) is 11.5 Å². The van der Waals surface area contributed by atoms with E-state index in [0.717, 1.165) is 17.7 Å². The number of nitrogens with one attached hydrogen (secondary N) is 1. The average Bonchev–Trinajstić information content (AvgIpc) is 2.92. The Balaban J connectivity index is 1.73. The maximum absolute atomic E-state index is 14.3. The van der Waals surface area contributed by atoms with Crippen molar-refractivity contribution in [2.24, 2.45) is 5.92 Å². The van der Waals surface area contributed by atoms with Crippen molar-refractivity contribution in [3.8, 4) is 0 Å². The maximum Gasteiger partial charge on any atom is 0.416 e. The molecule has 2 aromatic carbocycles. The Hall–Kier alpha value is -2.74. The fourth-order valence-corrected chi connectivity index (χ4v) is 3.41. The Morgan fingerprint density at radius 1 is 1.08 bits per heavy atom. The van der Waals surface area contributed by atoms with Crippen LogP contribution >= 0.6 is 0 Å². The first-order valence-corrected chi connectivity index (χ1v) is 8.01. The summed E-state index contributed by atoms with van der Waals surface area (Å²) in [4.78, 5) is 0. The van der Waals surface area contributed by atoms with Gasteiger partial charge in [0.2, 0.25) is 5.88 Å². The molecule has 0 bridgehead atoms. The van der Waals surface area contributed by atoms with E-state index < -0.39 is 17.6 Å². The second-order valence-corrected chi connectivity index (χ2v) is 6.38. The number of fused-ring (bicyclic) bond motifs is 3. The van der Waals surface area contributed by atoms with E-state index in [-0.39, 0.29) is 11.8 Å². The molecular formula is C18H15F4N3O. The lowest BCUT2D eigenvalue weighted by atomic mass is 9.92. The summed E-state index contributed by atoms with van der Waals surface area (Å²) in [6.45, 7) is 1.89. The third-order valence-corrected chi connectivity index (χ3v) is 4.62. The molecule has 0 fully saturated rings. The number of hydrazine groups is 2. The first kappa shape index (κ1) is 16.7. The summed E-state index contributed by atoms with van der Waals surface area (Å²) in [7, 11) is 0. The predicted molar refractivity (Wildman–Crippen MR) is 88.5 cm³/mol. The summed E-state index contributed by atoms with van der Waals surface area (Å²) in [6.07, 6.45) is -3.89. The number of nitrogens with zero attached hydrogens (tertiary/aromatic N) is 2. The zero-order valence-corrected chi connectivity index (χ0v) is 13.7. The first-order chi connectivity index (χ1) is 12.3. The van der Waals surface area contributed by atoms with Crippen molar-refractivity contribution in [2.75, 3.05) is 10.0 Å². The topological polar surface area (TPSA) is 38.7 Å². The summed E-state index contributed by atoms with van der Waals surface area (Å²) in [5, 5.41) is 13.3. The van der Waals surface area contributed by atoms with Crippen LogP contribution in [0.25, 0.3) is 0 Å². The lowest BCUT2D eigenvalue weighted by Gasteiger charge is -2.32. The van der Waals surface area contributed by atoms with Crippen molar-refractivity contribution in [3.63, 3.8) is 0 Å². The number of para-hydroxylation sites is 1. The molecule has 2 heterocycles. The molecule has 1 atom stereocenters. The fraction of sp³-hybridized carbons (Fsp3) is 0.222. The molecule has 1 unspecified atom stereocenters. The molecule has 2 aromatic rings. The van der Waals surface area contributed by atoms with Gasteiger partial charge in [-0.05, 0) is 42.3 Å². The van der Waals surface area contributed by atoms with Crippen LogP contribution in [-0.2, 0) is 12.6 Å². The SMILES string of the molecule is CC1Cc2cccc(F)c2N2NN(c3ccc(C(F)(F)F)cc3)C(O)=C12. The number of anilines is 2. The van der Waals surface area contributed by atoms with Gasteiger partial charge >= 0.3 is 6.18 Å². The van der Waals surface area contributed by atoms with Gasteiger partial charge < -0.3 is 5.11 Å². The number of aliphatic hydroxyl groups excluding tert-OH is 1. The molecule has 0 radical (unpaired) electrons. The lowest BCUT2D eigenvalue weighted by Crippen LogP contribution is -2.44. The third kappa shape index (κ3) is 2.48. The van der Waals surface area contributed by atoms with Crippen LogP contribution < -0.4 is 15.6 Å². The molecule has 0 amide bonds. The zero-order valence-electron chi connectivity index (χ0n) is 13.7. The van der Waals surface area contributed by atoms with Gasteiger partial charge in [-0.25, -0.2) is 9.40 Å². The minimum Gasteiger partial charge on any atom is -0.492 e. The third-order valence-electron chi connectivity index (χ3n) is 4.62. The maximum atomic E-state index is 14.3. The van der Waals surface area contributed by atoms with E-state index >= 15 is 0 Å². The van der Waals surface area contributed by atoms with Gasteiger partial charge in [-0.3, -0.25) is 5.01 Å². The van der Waals surface area contributed by atoms with Crippen molar-refractivity contribution in [2.45, 2.75) is 19.5 Å². The van der Waals surface area contributed by atoms with Crippen LogP contribution in [0.5, 0.6) is 0 Å². The van der Waals surface area contributed by atoms with E-state index in [1.165, 1.54) is 28.2 Å². The van der Waals surface area contributed by atoms with Gasteiger partial charge in [0.25, 0.3) is 0 Å². The molecule has 4 nitrogen and oxygen atoms in total. The van der Waals surface area contributed by atoms with Crippen LogP contribution in [0.4, 0.5) is 28.9 Å². The molecule has 2 aliphatic heterocycles. The Kier molecular flexibility index (Phi) is 3.62. The van der Waals surface area contributed by atoms with Gasteiger partial charge in [0.05, 0.1) is 16.9 Å². The van der Waals surface area contributed by atoms with Crippen LogP contribution in [0.15, 0.2) is 54.0 Å². The fourth-order valence-electron chi connectivity index (χ4n) is 3.41. The summed E-state index contributed by atoms with van der Waals surface area (Å²) in [5.74, 6) is -0.705. The van der Waals surface area contributed by atoms with Gasteiger partial charge in [-0.1, -0.05) is 19.1 Å². The second-order valence-electron chi connectivity index (χ2n) is 6.38. The van der Waals surface area contributed by atoms with E-state index in [1.807, 2.05) is 13.0 Å². The van der Waals surface area contributed by atoms with E-state index in [4.69, 9.17) is 0 Å². The molecule has 2 aliphatic rings. The van der Waals surface area contributed by atoms with Crippen LogP contribution in [0.1, 0.15) is 18.1 Å². The number of hydrogen-bond acceptors (Lipinski definition) is 4. The molecule has 8 heteroatoms. The van der Waals surface area contributed by atoms with Gasteiger partial charge in [-0.2, -0.15) is 13.2 Å². The van der Waals surface area contributed by atoms with Crippen molar-refractivity contribution < 1.29 is 22.7 Å². The summed E-state index contributed by atoms with van der Waals surface area (Å²) in [5.41, 5.74) is 3.96. The van der Waals surface area contributed by atoms with E-state index in [9.17, 15) is 22.7 Å². The highest BCUT2D eigenvalue weighted by atomic mass is 19.4. The highest BCUT2D eigenvalue weighted by Gasteiger charge is 2.40. The van der Waals surface area contributed by atoms with Gasteiger partial charge in [0.15, 0.2) is 0 Å². The smallest absolute Gasteiger partial charge is 0.416 e. The highest BCUT2D eigenvalue weighted by Crippen LogP contribution is 2.42. The lowest BCUT2D eigenvalue weighted by molar-refractivity contribution is -0.137. The van der Waals surface area contributed by atoms with Crippen molar-refractivity contribution >= 4 is 11.4 Å². The van der Waals surface area contributed by atoms with Crippen molar-refractivity contribution in [1.82, 2.24) is 5.53 Å². The van der Waals surface area contributed by atoms with Crippen molar-refractivity contribution in [3.05, 3.63) is 71.0 Å². The van der Waals surface area contributed by atoms with Crippen LogP contribution in [0.2, 0.25) is 0 Å². The molecule has 136 valence electrons. The molecule has 0 aliphatic carbocycles. The van der Waals surface area contributed by atoms with E-state index in [2.05, 4.69) is 5.53 Å². The highest BCUT2D eigenvalue weighted by molar-refractivity contribution is 5.67. The standard InChI is InChI=1S/C18H15F4N3O/c1-10-9-11-3-2-4-14(19)16(11)25-15(10)17(26)24(23-25)13-7-5-12(6-8-13)18(20,21)22/h2-8,10,23,26H,9H2,1H3. The van der Waals surface area contributed by atoms with Crippen molar-refractivity contribution in [1.29, 1.82) is 0 Å². The molecular weight excluding hydrogens is 350 g/mol. The van der Waals surface area contributed by atoms with Gasteiger partial charge in [-0.15, -0.1) is 5.53 Å². The van der Waals surface area contributed by atoms with E-state index in [1.54, 1.807) is 6.07 Å². The average molecular weight is 365 g/mol. The molecule has 26 heavy (non-hydrogen) atoms. The Morgan fingerprint density at radius 2 is 1.77 bits per heavy atom. The minimum absolute atomic E-state index is 0.101. The minimum atomic E-state index is -4.44. The normalized spacial score (nSPS) is 19.7. The zero-order chi connectivity index (χ0) is 18.6. The van der Waals surface area contributed by atoms with Crippen LogP contribution in [0.3, 0.4) is 0 Å². The van der Waals surface area contributed by atoms with E-state index in [0.29, 0.717) is 23.5 Å². The van der Waals surface area contributed by atoms with Gasteiger partial charge in [0, 0.05) is 5.92 Å². The second kappa shape index (κ2) is 5.63. The Morgan fingerprint density at radius 3 is 2.42 bits per heavy atom. The predicted octanol–water partition coefficient (Wildman–Crippen LogP) is 4.51. The largest absolute Gasteiger partial charge is 0.492 e. The quantitative estimate of drug-likeness (QED) is 0.730. The number of aliphatic hydroxyl groups is 1. The molecule has 2 N–H and O–H groups in total. The molecule has 0 saturated carbocycles. The summed E-state index contributed by atoms with van der Waals surface area (Å²) in [6, 6.07) is 9.13. The number of halogens is 4. The Bertz CT molecular complexity index is 892. The van der Waals surface area contributed by atoms with Crippen LogP contribution in [0, 0.1) is 11.7 Å².